The van der Waals surface area contributed by atoms with E-state index in [1.54, 1.807) is 19.1 Å². The Kier molecular flexibility index (Phi) is 7.90. The Hall–Kier alpha value is -4.15. The van der Waals surface area contributed by atoms with Gasteiger partial charge in [-0.15, -0.1) is 0 Å². The van der Waals surface area contributed by atoms with Crippen LogP contribution in [0.3, 0.4) is 0 Å². The van der Waals surface area contributed by atoms with Crippen LogP contribution in [0.25, 0.3) is 16.9 Å². The summed E-state index contributed by atoms with van der Waals surface area (Å²) >= 11 is 0. The largest absolute Gasteiger partial charge is 0.490 e. The highest BCUT2D eigenvalue weighted by Crippen LogP contribution is 2.23. The number of aromatic nitrogens is 2. The highest BCUT2D eigenvalue weighted by molar-refractivity contribution is 5.95. The number of aliphatic hydroxyl groups excluding tert-OH is 1. The first-order valence-corrected chi connectivity index (χ1v) is 12.5. The average Bonchev–Trinajstić information content (AvgIpc) is 3.30. The highest BCUT2D eigenvalue weighted by atomic mass is 16.5. The summed E-state index contributed by atoms with van der Waals surface area (Å²) in [7, 11) is 0. The summed E-state index contributed by atoms with van der Waals surface area (Å²) < 4.78 is 7.67. The van der Waals surface area contributed by atoms with Crippen LogP contribution >= 0.6 is 0 Å². The van der Waals surface area contributed by atoms with E-state index >= 15 is 0 Å². The lowest BCUT2D eigenvalue weighted by atomic mass is 9.99. The van der Waals surface area contributed by atoms with E-state index in [0.717, 1.165) is 28.0 Å². The van der Waals surface area contributed by atoms with Gasteiger partial charge >= 0.3 is 0 Å². The van der Waals surface area contributed by atoms with Gasteiger partial charge in [0.25, 0.3) is 5.91 Å². The van der Waals surface area contributed by atoms with E-state index in [-0.39, 0.29) is 18.1 Å². The molecule has 1 amide bonds. The van der Waals surface area contributed by atoms with Gasteiger partial charge in [0.15, 0.2) is 0 Å². The third kappa shape index (κ3) is 6.35. The molecule has 2 atom stereocenters. The standard InChI is InChI=1S/C30H32N4O3/c1-19(2)37-28-12-11-24(16-25(28)17-31)30(36)32-26(14-21(4)35)15-22-7-9-23(10-8-22)27-18-34-13-5-6-20(3)29(34)33-27/h5-13,16,18-19,21,26,35H,14-15H2,1-4H3,(H,32,36)/t21?,26-/m1/s1. The minimum absolute atomic E-state index is 0.0783. The fraction of sp³-hybridized carbons (Fsp3) is 0.300. The second-order valence-corrected chi connectivity index (χ2v) is 9.69. The van der Waals surface area contributed by atoms with Gasteiger partial charge in [-0.2, -0.15) is 5.26 Å². The molecule has 2 aromatic carbocycles. The molecule has 0 aliphatic rings. The van der Waals surface area contributed by atoms with Crippen molar-refractivity contribution in [3.8, 4) is 23.1 Å². The van der Waals surface area contributed by atoms with Gasteiger partial charge in [-0.1, -0.05) is 30.3 Å². The Balaban J connectivity index is 1.48. The SMILES string of the molecule is Cc1cccn2cc(-c3ccc(C[C@@H](CC(C)O)NC(=O)c4ccc(OC(C)C)c(C#N)c4)cc3)nc12. The maximum absolute atomic E-state index is 13.0. The minimum atomic E-state index is -0.581. The number of carbonyl (C=O) groups is 1. The van der Waals surface area contributed by atoms with Crippen molar-refractivity contribution in [3.05, 3.63) is 89.2 Å². The number of imidazole rings is 1. The predicted molar refractivity (Wildman–Crippen MR) is 144 cm³/mol. The molecule has 1 unspecified atom stereocenters. The molecule has 0 fully saturated rings. The van der Waals surface area contributed by atoms with E-state index in [1.807, 2.05) is 74.0 Å². The molecule has 0 bridgehead atoms. The molecule has 0 aliphatic heterocycles. The van der Waals surface area contributed by atoms with Crippen LogP contribution in [0.15, 0.2) is 67.0 Å². The molecule has 7 heteroatoms. The Morgan fingerprint density at radius 1 is 1.16 bits per heavy atom. The molecule has 37 heavy (non-hydrogen) atoms. The van der Waals surface area contributed by atoms with Gasteiger partial charge in [0, 0.05) is 29.6 Å². The molecule has 0 spiro atoms. The number of aryl methyl sites for hydroxylation is 1. The molecule has 0 saturated heterocycles. The lowest BCUT2D eigenvalue weighted by Gasteiger charge is -2.21. The number of hydrogen-bond donors (Lipinski definition) is 2. The summed E-state index contributed by atoms with van der Waals surface area (Å²) in [6.07, 6.45) is 4.30. The minimum Gasteiger partial charge on any atom is -0.490 e. The Bertz CT molecular complexity index is 1430. The van der Waals surface area contributed by atoms with Crippen molar-refractivity contribution in [2.45, 2.75) is 58.8 Å². The Labute approximate surface area is 217 Å². The zero-order chi connectivity index (χ0) is 26.5. The normalized spacial score (nSPS) is 12.8. The molecular formula is C30H32N4O3. The van der Waals surface area contributed by atoms with Gasteiger partial charge in [-0.05, 0) is 75.9 Å². The smallest absolute Gasteiger partial charge is 0.251 e. The molecular weight excluding hydrogens is 464 g/mol. The number of ether oxygens (including phenoxy) is 1. The summed E-state index contributed by atoms with van der Waals surface area (Å²) in [6, 6.07) is 18.8. The fourth-order valence-corrected chi connectivity index (χ4v) is 4.38. The first-order chi connectivity index (χ1) is 17.7. The van der Waals surface area contributed by atoms with Crippen LogP contribution in [-0.2, 0) is 6.42 Å². The molecule has 0 saturated carbocycles. The maximum Gasteiger partial charge on any atom is 0.251 e. The molecule has 2 aromatic heterocycles. The van der Waals surface area contributed by atoms with Crippen molar-refractivity contribution in [2.24, 2.45) is 0 Å². The van der Waals surface area contributed by atoms with Gasteiger partial charge in [0.2, 0.25) is 0 Å². The number of amides is 1. The number of carbonyl (C=O) groups excluding carboxylic acids is 1. The van der Waals surface area contributed by atoms with Crippen molar-refractivity contribution in [3.63, 3.8) is 0 Å². The molecule has 2 N–H and O–H groups in total. The third-order valence-electron chi connectivity index (χ3n) is 6.10. The lowest BCUT2D eigenvalue weighted by Crippen LogP contribution is -2.38. The summed E-state index contributed by atoms with van der Waals surface area (Å²) in [5, 5.41) is 22.6. The Morgan fingerprint density at radius 3 is 2.57 bits per heavy atom. The number of fused-ring (bicyclic) bond motifs is 1. The molecule has 0 aliphatic carbocycles. The fourth-order valence-electron chi connectivity index (χ4n) is 4.38. The third-order valence-corrected chi connectivity index (χ3v) is 6.10. The molecule has 4 rings (SSSR count). The second kappa shape index (κ2) is 11.3. The van der Waals surface area contributed by atoms with E-state index in [0.29, 0.717) is 29.7 Å². The number of hydrogen-bond acceptors (Lipinski definition) is 5. The number of nitrogens with one attached hydrogen (secondary N) is 1. The Morgan fingerprint density at radius 2 is 1.92 bits per heavy atom. The van der Waals surface area contributed by atoms with Gasteiger partial charge in [0.1, 0.15) is 17.5 Å². The predicted octanol–water partition coefficient (Wildman–Crippen LogP) is 5.08. The van der Waals surface area contributed by atoms with Crippen LogP contribution in [-0.4, -0.2) is 38.6 Å². The topological polar surface area (TPSA) is 99.6 Å². The van der Waals surface area contributed by atoms with Gasteiger partial charge in [-0.3, -0.25) is 4.79 Å². The zero-order valence-corrected chi connectivity index (χ0v) is 21.6. The van der Waals surface area contributed by atoms with Crippen molar-refractivity contribution in [2.75, 3.05) is 0 Å². The number of pyridine rings is 1. The molecule has 190 valence electrons. The van der Waals surface area contributed by atoms with Gasteiger partial charge < -0.3 is 19.6 Å². The van der Waals surface area contributed by atoms with E-state index in [2.05, 4.69) is 11.4 Å². The van der Waals surface area contributed by atoms with Crippen LogP contribution in [0.2, 0.25) is 0 Å². The quantitative estimate of drug-likeness (QED) is 0.337. The number of benzene rings is 2. The van der Waals surface area contributed by atoms with E-state index in [9.17, 15) is 15.2 Å². The van der Waals surface area contributed by atoms with Crippen LogP contribution in [0.4, 0.5) is 0 Å². The molecule has 2 heterocycles. The van der Waals surface area contributed by atoms with Crippen LogP contribution in [0.5, 0.6) is 5.75 Å². The summed E-state index contributed by atoms with van der Waals surface area (Å²) in [6.45, 7) is 7.51. The van der Waals surface area contributed by atoms with Crippen molar-refractivity contribution in [1.82, 2.24) is 14.7 Å². The molecule has 0 radical (unpaired) electrons. The van der Waals surface area contributed by atoms with E-state index < -0.39 is 6.10 Å². The maximum atomic E-state index is 13.0. The number of nitriles is 1. The average molecular weight is 497 g/mol. The van der Waals surface area contributed by atoms with E-state index in [4.69, 9.17) is 9.72 Å². The monoisotopic (exact) mass is 496 g/mol. The lowest BCUT2D eigenvalue weighted by molar-refractivity contribution is 0.0917. The number of aliphatic hydroxyl groups is 1. The van der Waals surface area contributed by atoms with Crippen LogP contribution in [0.1, 0.15) is 54.2 Å². The van der Waals surface area contributed by atoms with Crippen molar-refractivity contribution >= 4 is 11.6 Å². The van der Waals surface area contributed by atoms with E-state index in [1.165, 1.54) is 6.07 Å². The summed E-state index contributed by atoms with van der Waals surface area (Å²) in [4.78, 5) is 17.8. The van der Waals surface area contributed by atoms with Crippen molar-refractivity contribution < 1.29 is 14.6 Å². The molecule has 7 nitrogen and oxygen atoms in total. The summed E-state index contributed by atoms with van der Waals surface area (Å²) in [5.41, 5.74) is 5.68. The first-order valence-electron chi connectivity index (χ1n) is 12.5. The van der Waals surface area contributed by atoms with Crippen LogP contribution < -0.4 is 10.1 Å². The number of nitrogens with zero attached hydrogens (tertiary/aromatic N) is 3. The van der Waals surface area contributed by atoms with Crippen molar-refractivity contribution in [1.29, 1.82) is 5.26 Å². The van der Waals surface area contributed by atoms with Gasteiger partial charge in [-0.25, -0.2) is 4.98 Å². The molecule has 4 aromatic rings. The highest BCUT2D eigenvalue weighted by Gasteiger charge is 2.18. The van der Waals surface area contributed by atoms with Gasteiger partial charge in [0.05, 0.1) is 23.5 Å². The zero-order valence-electron chi connectivity index (χ0n) is 21.6. The van der Waals surface area contributed by atoms with Crippen LogP contribution in [0, 0.1) is 18.3 Å². The first kappa shape index (κ1) is 25.9. The summed E-state index contributed by atoms with van der Waals surface area (Å²) in [5.74, 6) is 0.158. The second-order valence-electron chi connectivity index (χ2n) is 9.69. The number of rotatable bonds is 9.